The van der Waals surface area contributed by atoms with Crippen LogP contribution in [-0.2, 0) is 4.79 Å². The summed E-state index contributed by atoms with van der Waals surface area (Å²) in [4.78, 5) is 17.4. The van der Waals surface area contributed by atoms with Gasteiger partial charge < -0.3 is 9.80 Å². The van der Waals surface area contributed by atoms with E-state index in [9.17, 15) is 4.79 Å². The van der Waals surface area contributed by atoms with Crippen molar-refractivity contribution < 1.29 is 4.79 Å². The van der Waals surface area contributed by atoms with Crippen molar-refractivity contribution in [2.45, 2.75) is 58.3 Å². The van der Waals surface area contributed by atoms with Crippen LogP contribution in [0.3, 0.4) is 0 Å². The van der Waals surface area contributed by atoms with Gasteiger partial charge >= 0.3 is 0 Å². The second-order valence-electron chi connectivity index (χ2n) is 6.98. The number of rotatable bonds is 3. The first-order valence-electron chi connectivity index (χ1n) is 7.87. The highest BCUT2D eigenvalue weighted by Crippen LogP contribution is 2.33. The first-order chi connectivity index (χ1) is 9.06. The molecule has 1 N–H and O–H groups in total. The molecule has 4 nitrogen and oxygen atoms in total. The lowest BCUT2D eigenvalue weighted by molar-refractivity contribution is -0.136. The Kier molecular flexibility index (Phi) is 3.56. The predicted octanol–water partition coefficient (Wildman–Crippen LogP) is 1.27. The van der Waals surface area contributed by atoms with Crippen molar-refractivity contribution in [2.75, 3.05) is 19.6 Å². The molecule has 0 aliphatic carbocycles. The van der Waals surface area contributed by atoms with Gasteiger partial charge in [-0.05, 0) is 51.1 Å². The minimum Gasteiger partial charge on any atom is -0.322 e. The van der Waals surface area contributed by atoms with Crippen LogP contribution in [0.15, 0.2) is 0 Å². The molecule has 3 atom stereocenters. The molecule has 4 rings (SSSR count). The van der Waals surface area contributed by atoms with Crippen LogP contribution < -0.4 is 5.32 Å². The average molecular weight is 265 g/mol. The molecule has 4 heterocycles. The summed E-state index contributed by atoms with van der Waals surface area (Å²) < 4.78 is 0. The lowest BCUT2D eigenvalue weighted by Gasteiger charge is -2.49. The van der Waals surface area contributed by atoms with Crippen molar-refractivity contribution >= 4 is 5.91 Å². The average Bonchev–Trinajstić information content (AvgIpc) is 2.65. The first-order valence-corrected chi connectivity index (χ1v) is 7.87. The second-order valence-corrected chi connectivity index (χ2v) is 6.98. The standard InChI is InChI=1S/C15H27N3O/c1-10(2)8-13-15(19)18(11(3)16-13)14-9-17-6-4-12(14)5-7-17/h10-14,16H,4-9H2,1-3H3. The normalized spacial score (nSPS) is 42.4. The van der Waals surface area contributed by atoms with Gasteiger partial charge in [0.2, 0.25) is 5.91 Å². The highest BCUT2D eigenvalue weighted by molar-refractivity contribution is 5.84. The summed E-state index contributed by atoms with van der Waals surface area (Å²) in [6.07, 6.45) is 3.72. The van der Waals surface area contributed by atoms with E-state index in [1.54, 1.807) is 0 Å². The number of nitrogens with zero attached hydrogens (tertiary/aromatic N) is 2. The van der Waals surface area contributed by atoms with Gasteiger partial charge in [-0.25, -0.2) is 0 Å². The summed E-state index contributed by atoms with van der Waals surface area (Å²) >= 11 is 0. The Labute approximate surface area is 116 Å². The third kappa shape index (κ3) is 2.40. The zero-order chi connectivity index (χ0) is 13.6. The summed E-state index contributed by atoms with van der Waals surface area (Å²) in [6.45, 7) is 10.1. The van der Waals surface area contributed by atoms with Crippen molar-refractivity contribution in [3.05, 3.63) is 0 Å². The molecule has 0 spiro atoms. The number of nitrogens with one attached hydrogen (secondary N) is 1. The Balaban J connectivity index is 1.72. The molecular formula is C15H27N3O. The summed E-state index contributed by atoms with van der Waals surface area (Å²) in [7, 11) is 0. The van der Waals surface area contributed by atoms with Crippen LogP contribution in [0.25, 0.3) is 0 Å². The van der Waals surface area contributed by atoms with Gasteiger partial charge in [-0.15, -0.1) is 0 Å². The second kappa shape index (κ2) is 5.06. The number of fused-ring (bicyclic) bond motifs is 3. The van der Waals surface area contributed by atoms with E-state index in [4.69, 9.17) is 0 Å². The molecule has 4 fully saturated rings. The van der Waals surface area contributed by atoms with E-state index < -0.39 is 0 Å². The van der Waals surface area contributed by atoms with Gasteiger partial charge in [0.25, 0.3) is 0 Å². The minimum atomic E-state index is 0.0467. The largest absolute Gasteiger partial charge is 0.322 e. The third-order valence-electron chi connectivity index (χ3n) is 5.10. The van der Waals surface area contributed by atoms with E-state index in [-0.39, 0.29) is 12.2 Å². The Morgan fingerprint density at radius 3 is 2.53 bits per heavy atom. The Morgan fingerprint density at radius 1 is 1.32 bits per heavy atom. The molecule has 0 aromatic carbocycles. The SMILES string of the molecule is CC(C)CC1NC(C)N(C2CN3CCC2CC3)C1=O. The Bertz CT molecular complexity index is 349. The van der Waals surface area contributed by atoms with Crippen LogP contribution in [0.1, 0.15) is 40.0 Å². The molecule has 4 heteroatoms. The van der Waals surface area contributed by atoms with Gasteiger partial charge in [-0.1, -0.05) is 13.8 Å². The summed E-state index contributed by atoms with van der Waals surface area (Å²) in [6, 6.07) is 0.500. The molecule has 0 aromatic heterocycles. The maximum atomic E-state index is 12.7. The fraction of sp³-hybridized carbons (Fsp3) is 0.933. The van der Waals surface area contributed by atoms with Crippen LogP contribution in [0.5, 0.6) is 0 Å². The Morgan fingerprint density at radius 2 is 2.00 bits per heavy atom. The molecule has 4 aliphatic rings. The van der Waals surface area contributed by atoms with Crippen molar-refractivity contribution in [3.8, 4) is 0 Å². The van der Waals surface area contributed by atoms with Gasteiger partial charge in [0.15, 0.2) is 0 Å². The van der Waals surface area contributed by atoms with Gasteiger partial charge in [-0.3, -0.25) is 10.1 Å². The van der Waals surface area contributed by atoms with Crippen LogP contribution in [0.2, 0.25) is 0 Å². The van der Waals surface area contributed by atoms with Gasteiger partial charge in [0.1, 0.15) is 0 Å². The monoisotopic (exact) mass is 265 g/mol. The maximum absolute atomic E-state index is 12.7. The van der Waals surface area contributed by atoms with Gasteiger partial charge in [0, 0.05) is 12.6 Å². The van der Waals surface area contributed by atoms with Crippen molar-refractivity contribution in [3.63, 3.8) is 0 Å². The van der Waals surface area contributed by atoms with Crippen molar-refractivity contribution in [1.82, 2.24) is 15.1 Å². The van der Waals surface area contributed by atoms with Gasteiger partial charge in [0.05, 0.1) is 12.2 Å². The van der Waals surface area contributed by atoms with Crippen LogP contribution in [0, 0.1) is 11.8 Å². The highest BCUT2D eigenvalue weighted by atomic mass is 16.2. The number of carbonyl (C=O) groups excluding carboxylic acids is 1. The molecule has 4 saturated heterocycles. The summed E-state index contributed by atoms with van der Waals surface area (Å²) in [5.41, 5.74) is 0. The van der Waals surface area contributed by atoms with E-state index in [0.29, 0.717) is 17.9 Å². The molecule has 4 aliphatic heterocycles. The summed E-state index contributed by atoms with van der Waals surface area (Å²) in [5.74, 6) is 1.65. The molecule has 108 valence electrons. The number of hydrogen-bond acceptors (Lipinski definition) is 3. The predicted molar refractivity (Wildman–Crippen MR) is 75.6 cm³/mol. The van der Waals surface area contributed by atoms with Crippen molar-refractivity contribution in [1.29, 1.82) is 0 Å². The molecule has 1 amide bonds. The number of carbonyl (C=O) groups is 1. The lowest BCUT2D eigenvalue weighted by atomic mass is 9.83. The number of piperidine rings is 3. The van der Waals surface area contributed by atoms with Crippen LogP contribution >= 0.6 is 0 Å². The number of hydrogen-bond donors (Lipinski definition) is 1. The smallest absolute Gasteiger partial charge is 0.241 e. The van der Waals surface area contributed by atoms with Gasteiger partial charge in [-0.2, -0.15) is 0 Å². The lowest BCUT2D eigenvalue weighted by Crippen LogP contribution is -2.59. The van der Waals surface area contributed by atoms with E-state index >= 15 is 0 Å². The minimum absolute atomic E-state index is 0.0467. The molecule has 0 saturated carbocycles. The molecule has 0 aromatic rings. The maximum Gasteiger partial charge on any atom is 0.241 e. The van der Waals surface area contributed by atoms with Crippen LogP contribution in [0.4, 0.5) is 0 Å². The third-order valence-corrected chi connectivity index (χ3v) is 5.10. The number of amides is 1. The topological polar surface area (TPSA) is 35.6 Å². The quantitative estimate of drug-likeness (QED) is 0.835. The summed E-state index contributed by atoms with van der Waals surface area (Å²) in [5, 5.41) is 3.50. The highest BCUT2D eigenvalue weighted by Gasteiger charge is 2.46. The Hall–Kier alpha value is -0.610. The van der Waals surface area contributed by atoms with E-state index in [1.807, 2.05) is 0 Å². The zero-order valence-electron chi connectivity index (χ0n) is 12.4. The fourth-order valence-corrected chi connectivity index (χ4v) is 4.15. The first kappa shape index (κ1) is 13.4. The van der Waals surface area contributed by atoms with Crippen LogP contribution in [-0.4, -0.2) is 53.6 Å². The zero-order valence-corrected chi connectivity index (χ0v) is 12.4. The molecule has 3 unspecified atom stereocenters. The van der Waals surface area contributed by atoms with E-state index in [2.05, 4.69) is 35.9 Å². The van der Waals surface area contributed by atoms with E-state index in [0.717, 1.165) is 18.9 Å². The fourth-order valence-electron chi connectivity index (χ4n) is 4.15. The van der Waals surface area contributed by atoms with E-state index in [1.165, 1.54) is 25.9 Å². The van der Waals surface area contributed by atoms with Crippen molar-refractivity contribution in [2.24, 2.45) is 11.8 Å². The molecular weight excluding hydrogens is 238 g/mol. The molecule has 2 bridgehead atoms. The molecule has 19 heavy (non-hydrogen) atoms. The molecule has 0 radical (unpaired) electrons.